The molecule has 1 saturated heterocycles. The molecule has 2 aliphatic carbocycles. The van der Waals surface area contributed by atoms with E-state index in [2.05, 4.69) is 15.2 Å². The molecular weight excluding hydrogens is 328 g/mol. The van der Waals surface area contributed by atoms with Crippen molar-refractivity contribution >= 4 is 11.5 Å². The molecule has 3 atom stereocenters. The van der Waals surface area contributed by atoms with Gasteiger partial charge in [0, 0.05) is 45.2 Å². The molecule has 2 N–H and O–H groups in total. The molecule has 1 saturated carbocycles. The van der Waals surface area contributed by atoms with Gasteiger partial charge in [-0.15, -0.1) is 0 Å². The molecule has 134 valence electrons. The van der Waals surface area contributed by atoms with Crippen LogP contribution in [0.2, 0.25) is 0 Å². The van der Waals surface area contributed by atoms with Crippen molar-refractivity contribution in [1.29, 1.82) is 0 Å². The molecule has 0 spiro atoms. The summed E-state index contributed by atoms with van der Waals surface area (Å²) in [4.78, 5) is 14.4. The fourth-order valence-electron chi connectivity index (χ4n) is 5.28. The van der Waals surface area contributed by atoms with Gasteiger partial charge in [-0.3, -0.25) is 10.0 Å². The summed E-state index contributed by atoms with van der Waals surface area (Å²) in [6.07, 6.45) is 2.07. The first-order chi connectivity index (χ1) is 12.1. The van der Waals surface area contributed by atoms with Crippen molar-refractivity contribution in [3.05, 3.63) is 11.4 Å². The molecule has 4 aliphatic rings. The summed E-state index contributed by atoms with van der Waals surface area (Å²) in [5.74, 6) is -0.411. The fraction of sp³-hybridized carbons (Fsp3) is 0.750. The first-order valence-corrected chi connectivity index (χ1v) is 8.82. The van der Waals surface area contributed by atoms with Crippen molar-refractivity contribution in [2.24, 2.45) is 5.92 Å². The second-order valence-corrected chi connectivity index (χ2v) is 7.36. The smallest absolute Gasteiger partial charge is 0.274 e. The number of fused-ring (bicyclic) bond motifs is 5. The van der Waals surface area contributed by atoms with Crippen LogP contribution >= 0.6 is 0 Å². The van der Waals surface area contributed by atoms with E-state index >= 15 is 0 Å². The van der Waals surface area contributed by atoms with Gasteiger partial charge >= 0.3 is 0 Å². The maximum absolute atomic E-state index is 12.3. The number of aliphatic hydroxyl groups is 1. The maximum Gasteiger partial charge on any atom is 0.274 e. The van der Waals surface area contributed by atoms with Crippen LogP contribution in [0.1, 0.15) is 37.1 Å². The standard InChI is InChI=1S/C16H21N4O5/c21-10-3-4-15(19-5-7-24-8-6-19)12(9-10)16(22)13(20(15)23)2-1-11-14(16)18-25-17-11/h12,22-23H,1-9H2/q+1. The highest BCUT2D eigenvalue weighted by atomic mass is 16.6. The average molecular weight is 349 g/mol. The van der Waals surface area contributed by atoms with E-state index in [4.69, 9.17) is 9.37 Å². The van der Waals surface area contributed by atoms with Gasteiger partial charge in [0.25, 0.3) is 5.66 Å². The van der Waals surface area contributed by atoms with Gasteiger partial charge in [0.1, 0.15) is 11.5 Å². The summed E-state index contributed by atoms with van der Waals surface area (Å²) in [5.41, 5.74) is -0.876. The Bertz CT molecular complexity index is 770. The minimum absolute atomic E-state index is 0.0977. The Morgan fingerprint density at radius 3 is 2.80 bits per heavy atom. The summed E-state index contributed by atoms with van der Waals surface area (Å²) in [7, 11) is 0. The van der Waals surface area contributed by atoms with Crippen LogP contribution in [-0.4, -0.2) is 73.7 Å². The molecule has 3 heterocycles. The van der Waals surface area contributed by atoms with E-state index in [0.29, 0.717) is 69.1 Å². The molecule has 0 radical (unpaired) electrons. The van der Waals surface area contributed by atoms with Crippen molar-refractivity contribution in [2.45, 2.75) is 43.4 Å². The molecule has 1 aromatic rings. The third-order valence-corrected chi connectivity index (χ3v) is 6.40. The lowest BCUT2D eigenvalue weighted by Gasteiger charge is -2.44. The number of hydrogen-bond acceptors (Lipinski definition) is 8. The number of nitrogens with zero attached hydrogens (tertiary/aromatic N) is 4. The van der Waals surface area contributed by atoms with Crippen molar-refractivity contribution < 1.29 is 29.2 Å². The van der Waals surface area contributed by atoms with E-state index in [1.54, 1.807) is 0 Å². The SMILES string of the molecule is O=C1CCC2(N3CCOCC3)C(C1)C1(O)C(=[N+]2O)CCc2nonc21. The first-order valence-electron chi connectivity index (χ1n) is 8.82. The Kier molecular flexibility index (Phi) is 3.14. The van der Waals surface area contributed by atoms with Gasteiger partial charge in [0.05, 0.1) is 19.1 Å². The summed E-state index contributed by atoms with van der Waals surface area (Å²) >= 11 is 0. The van der Waals surface area contributed by atoms with Gasteiger partial charge in [0.15, 0.2) is 5.69 Å². The zero-order valence-corrected chi connectivity index (χ0v) is 13.8. The van der Waals surface area contributed by atoms with Gasteiger partial charge < -0.3 is 9.84 Å². The second kappa shape index (κ2) is 5.09. The Hall–Kier alpha value is -1.84. The van der Waals surface area contributed by atoms with Gasteiger partial charge in [0.2, 0.25) is 11.3 Å². The van der Waals surface area contributed by atoms with Crippen molar-refractivity contribution in [3.63, 3.8) is 0 Å². The van der Waals surface area contributed by atoms with Crippen LogP contribution in [0.25, 0.3) is 0 Å². The van der Waals surface area contributed by atoms with Gasteiger partial charge in [-0.1, -0.05) is 10.3 Å². The molecule has 9 nitrogen and oxygen atoms in total. The molecule has 0 bridgehead atoms. The lowest BCUT2D eigenvalue weighted by Crippen LogP contribution is -2.64. The van der Waals surface area contributed by atoms with Crippen LogP contribution in [0.15, 0.2) is 4.63 Å². The number of ether oxygens (including phenoxy) is 1. The zero-order valence-electron chi connectivity index (χ0n) is 13.8. The number of Topliss-reactive ketones (excluding diaryl/α,β-unsaturated/α-hetero) is 1. The number of aromatic nitrogens is 2. The normalized spacial score (nSPS) is 38.4. The maximum atomic E-state index is 12.3. The molecule has 5 rings (SSSR count). The number of rotatable bonds is 1. The van der Waals surface area contributed by atoms with E-state index in [1.165, 1.54) is 4.74 Å². The van der Waals surface area contributed by atoms with Crippen molar-refractivity contribution in [3.8, 4) is 0 Å². The number of hydrogen-bond donors (Lipinski definition) is 2. The van der Waals surface area contributed by atoms with Crippen LogP contribution < -0.4 is 0 Å². The number of carbonyl (C=O) groups excluding carboxylic acids is 1. The largest absolute Gasteiger partial charge is 0.379 e. The first kappa shape index (κ1) is 15.4. The summed E-state index contributed by atoms with van der Waals surface area (Å²) in [5, 5.41) is 30.8. The van der Waals surface area contributed by atoms with Crippen LogP contribution in [0, 0.1) is 5.92 Å². The molecule has 2 aliphatic heterocycles. The highest BCUT2D eigenvalue weighted by molar-refractivity contribution is 5.94. The molecule has 25 heavy (non-hydrogen) atoms. The third-order valence-electron chi connectivity index (χ3n) is 6.40. The van der Waals surface area contributed by atoms with E-state index in [9.17, 15) is 15.1 Å². The topological polar surface area (TPSA) is 112 Å². The molecule has 3 unspecified atom stereocenters. The van der Waals surface area contributed by atoms with E-state index < -0.39 is 17.2 Å². The number of morpholine rings is 1. The van der Waals surface area contributed by atoms with Crippen LogP contribution in [0.3, 0.4) is 0 Å². The number of carbonyl (C=O) groups is 1. The molecule has 2 fully saturated rings. The second-order valence-electron chi connectivity index (χ2n) is 7.36. The van der Waals surface area contributed by atoms with E-state index in [1.807, 2.05) is 0 Å². The third kappa shape index (κ3) is 1.78. The fourth-order valence-corrected chi connectivity index (χ4v) is 5.28. The Balaban J connectivity index is 1.71. The lowest BCUT2D eigenvalue weighted by atomic mass is 9.66. The van der Waals surface area contributed by atoms with Crippen LogP contribution in [0.4, 0.5) is 0 Å². The number of ketones is 1. The summed E-state index contributed by atoms with van der Waals surface area (Å²) < 4.78 is 11.6. The highest BCUT2D eigenvalue weighted by Gasteiger charge is 2.76. The lowest BCUT2D eigenvalue weighted by molar-refractivity contribution is -0.843. The molecule has 0 aromatic carbocycles. The van der Waals surface area contributed by atoms with Gasteiger partial charge in [-0.2, -0.15) is 0 Å². The average Bonchev–Trinajstić information content (AvgIpc) is 3.18. The van der Waals surface area contributed by atoms with Gasteiger partial charge in [-0.25, -0.2) is 9.53 Å². The minimum atomic E-state index is -1.52. The Morgan fingerprint density at radius 2 is 2.00 bits per heavy atom. The molecule has 9 heteroatoms. The molecule has 1 aromatic heterocycles. The predicted octanol–water partition coefficient (Wildman–Crippen LogP) is -0.543. The van der Waals surface area contributed by atoms with E-state index in [-0.39, 0.29) is 12.2 Å². The van der Waals surface area contributed by atoms with Crippen molar-refractivity contribution in [1.82, 2.24) is 15.2 Å². The van der Waals surface area contributed by atoms with Crippen LogP contribution in [-0.2, 0) is 21.6 Å². The predicted molar refractivity (Wildman–Crippen MR) is 81.0 cm³/mol. The molecular formula is C16H21N4O5+. The van der Waals surface area contributed by atoms with Gasteiger partial charge in [-0.05, 0) is 4.74 Å². The van der Waals surface area contributed by atoms with Crippen LogP contribution in [0.5, 0.6) is 0 Å². The number of aryl methyl sites for hydroxylation is 1. The summed E-state index contributed by atoms with van der Waals surface area (Å²) in [6, 6.07) is 0. The summed E-state index contributed by atoms with van der Waals surface area (Å²) in [6.45, 7) is 2.44. The quantitative estimate of drug-likeness (QED) is 0.513. The zero-order chi connectivity index (χ0) is 17.2. The Labute approximate surface area is 143 Å². The highest BCUT2D eigenvalue weighted by Crippen LogP contribution is 2.54. The monoisotopic (exact) mass is 349 g/mol. The number of hydroxylamine groups is 1. The van der Waals surface area contributed by atoms with E-state index in [0.717, 1.165) is 0 Å². The minimum Gasteiger partial charge on any atom is -0.379 e. The Morgan fingerprint density at radius 1 is 1.20 bits per heavy atom. The van der Waals surface area contributed by atoms with Crippen molar-refractivity contribution in [2.75, 3.05) is 26.3 Å². The molecule has 0 amide bonds.